The molecule has 2 aromatic carbocycles. The van der Waals surface area contributed by atoms with Crippen molar-refractivity contribution in [3.63, 3.8) is 0 Å². The lowest BCUT2D eigenvalue weighted by molar-refractivity contribution is -0.384. The van der Waals surface area contributed by atoms with Crippen LogP contribution in [0.15, 0.2) is 48.5 Å². The van der Waals surface area contributed by atoms with Crippen molar-refractivity contribution in [1.29, 1.82) is 0 Å². The standard InChI is InChI=1S/C15H15NO4/c1-2-15(17)11-6-8-13(9-7-11)20-14-5-3-4-12(10-14)16(18)19/h3-10,15,17H,2H2,1H3/t15-/m1/s1. The minimum absolute atomic E-state index is 0.0134. The molecule has 0 amide bonds. The summed E-state index contributed by atoms with van der Waals surface area (Å²) in [5.41, 5.74) is 0.805. The minimum Gasteiger partial charge on any atom is -0.457 e. The number of aliphatic hydroxyl groups excluding tert-OH is 1. The van der Waals surface area contributed by atoms with Crippen LogP contribution in [0.4, 0.5) is 5.69 Å². The van der Waals surface area contributed by atoms with Crippen molar-refractivity contribution >= 4 is 5.69 Å². The summed E-state index contributed by atoms with van der Waals surface area (Å²) in [5.74, 6) is 0.973. The second-order valence-electron chi connectivity index (χ2n) is 4.35. The van der Waals surface area contributed by atoms with Gasteiger partial charge in [0.25, 0.3) is 5.69 Å². The van der Waals surface area contributed by atoms with Gasteiger partial charge in [0.1, 0.15) is 11.5 Å². The molecular formula is C15H15NO4. The smallest absolute Gasteiger partial charge is 0.273 e. The fraction of sp³-hybridized carbons (Fsp3) is 0.200. The summed E-state index contributed by atoms with van der Waals surface area (Å²) in [6.45, 7) is 1.90. The maximum atomic E-state index is 10.7. The van der Waals surface area contributed by atoms with Gasteiger partial charge < -0.3 is 9.84 Å². The van der Waals surface area contributed by atoms with Crippen LogP contribution >= 0.6 is 0 Å². The second-order valence-corrected chi connectivity index (χ2v) is 4.35. The summed E-state index contributed by atoms with van der Waals surface area (Å²) < 4.78 is 5.55. The number of benzene rings is 2. The van der Waals surface area contributed by atoms with Crippen LogP contribution in [-0.4, -0.2) is 10.0 Å². The second kappa shape index (κ2) is 6.16. The normalized spacial score (nSPS) is 11.9. The van der Waals surface area contributed by atoms with Gasteiger partial charge in [0.2, 0.25) is 0 Å². The van der Waals surface area contributed by atoms with Crippen molar-refractivity contribution in [2.24, 2.45) is 0 Å². The van der Waals surface area contributed by atoms with Crippen LogP contribution < -0.4 is 4.74 Å². The number of hydrogen-bond acceptors (Lipinski definition) is 4. The first kappa shape index (κ1) is 14.0. The van der Waals surface area contributed by atoms with E-state index >= 15 is 0 Å². The highest BCUT2D eigenvalue weighted by atomic mass is 16.6. The molecule has 0 spiro atoms. The number of ether oxygens (including phenoxy) is 1. The van der Waals surface area contributed by atoms with Crippen molar-refractivity contribution < 1.29 is 14.8 Å². The molecule has 0 aliphatic rings. The van der Waals surface area contributed by atoms with Crippen molar-refractivity contribution in [1.82, 2.24) is 0 Å². The highest BCUT2D eigenvalue weighted by Gasteiger charge is 2.08. The zero-order valence-corrected chi connectivity index (χ0v) is 11.0. The van der Waals surface area contributed by atoms with Crippen LogP contribution in [-0.2, 0) is 0 Å². The van der Waals surface area contributed by atoms with E-state index in [9.17, 15) is 15.2 Å². The van der Waals surface area contributed by atoms with E-state index in [4.69, 9.17) is 4.74 Å². The largest absolute Gasteiger partial charge is 0.457 e. The molecule has 5 nitrogen and oxygen atoms in total. The fourth-order valence-electron chi connectivity index (χ4n) is 1.79. The molecule has 0 aromatic heterocycles. The Bertz CT molecular complexity index is 595. The van der Waals surface area contributed by atoms with E-state index in [2.05, 4.69) is 0 Å². The third kappa shape index (κ3) is 3.33. The van der Waals surface area contributed by atoms with Crippen molar-refractivity contribution in [3.05, 3.63) is 64.2 Å². The van der Waals surface area contributed by atoms with Gasteiger partial charge in [-0.1, -0.05) is 25.1 Å². The van der Waals surface area contributed by atoms with E-state index in [1.807, 2.05) is 6.92 Å². The maximum Gasteiger partial charge on any atom is 0.273 e. The number of rotatable bonds is 5. The van der Waals surface area contributed by atoms with E-state index in [1.54, 1.807) is 36.4 Å². The Hall–Kier alpha value is -2.40. The predicted molar refractivity (Wildman–Crippen MR) is 74.9 cm³/mol. The minimum atomic E-state index is -0.484. The van der Waals surface area contributed by atoms with Crippen LogP contribution in [0.3, 0.4) is 0 Å². The van der Waals surface area contributed by atoms with Gasteiger partial charge in [0.05, 0.1) is 17.1 Å². The average Bonchev–Trinajstić information content (AvgIpc) is 2.47. The van der Waals surface area contributed by atoms with Crippen LogP contribution in [0, 0.1) is 10.1 Å². The van der Waals surface area contributed by atoms with Crippen molar-refractivity contribution in [2.45, 2.75) is 19.4 Å². The Morgan fingerprint density at radius 2 is 1.90 bits per heavy atom. The SMILES string of the molecule is CC[C@@H](O)c1ccc(Oc2cccc([N+](=O)[O-])c2)cc1. The lowest BCUT2D eigenvalue weighted by Gasteiger charge is -2.09. The van der Waals surface area contributed by atoms with Crippen LogP contribution in [0.5, 0.6) is 11.5 Å². The number of nitro groups is 1. The van der Waals surface area contributed by atoms with Gasteiger partial charge in [-0.3, -0.25) is 10.1 Å². The maximum absolute atomic E-state index is 10.7. The molecule has 1 atom stereocenters. The molecule has 0 aliphatic heterocycles. The molecule has 5 heteroatoms. The molecule has 104 valence electrons. The van der Waals surface area contributed by atoms with Crippen LogP contribution in [0.25, 0.3) is 0 Å². The molecule has 0 radical (unpaired) electrons. The average molecular weight is 273 g/mol. The van der Waals surface area contributed by atoms with E-state index in [1.165, 1.54) is 12.1 Å². The molecular weight excluding hydrogens is 258 g/mol. The number of hydrogen-bond donors (Lipinski definition) is 1. The van der Waals surface area contributed by atoms with E-state index < -0.39 is 11.0 Å². The number of aliphatic hydroxyl groups is 1. The molecule has 0 aliphatic carbocycles. The molecule has 2 aromatic rings. The van der Waals surface area contributed by atoms with E-state index in [0.29, 0.717) is 17.9 Å². The number of nitrogens with zero attached hydrogens (tertiary/aromatic N) is 1. The third-order valence-electron chi connectivity index (χ3n) is 2.92. The molecule has 0 heterocycles. The molecule has 0 bridgehead atoms. The van der Waals surface area contributed by atoms with Gasteiger partial charge in [-0.05, 0) is 30.2 Å². The van der Waals surface area contributed by atoms with Gasteiger partial charge >= 0.3 is 0 Å². The summed E-state index contributed by atoms with van der Waals surface area (Å²) in [6.07, 6.45) is 0.160. The summed E-state index contributed by atoms with van der Waals surface area (Å²) in [7, 11) is 0. The zero-order valence-electron chi connectivity index (χ0n) is 11.0. The molecule has 1 N–H and O–H groups in total. The van der Waals surface area contributed by atoms with E-state index in [-0.39, 0.29) is 5.69 Å². The monoisotopic (exact) mass is 273 g/mol. The van der Waals surface area contributed by atoms with Crippen LogP contribution in [0.1, 0.15) is 25.0 Å². The molecule has 0 saturated heterocycles. The van der Waals surface area contributed by atoms with Crippen molar-refractivity contribution in [2.75, 3.05) is 0 Å². The quantitative estimate of drug-likeness (QED) is 0.663. The van der Waals surface area contributed by atoms with E-state index in [0.717, 1.165) is 5.56 Å². The molecule has 0 fully saturated rings. The summed E-state index contributed by atoms with van der Waals surface area (Å²) in [6, 6.07) is 13.0. The molecule has 2 rings (SSSR count). The predicted octanol–water partition coefficient (Wildman–Crippen LogP) is 3.83. The summed E-state index contributed by atoms with van der Waals surface area (Å²) >= 11 is 0. The topological polar surface area (TPSA) is 72.6 Å². The van der Waals surface area contributed by atoms with Gasteiger partial charge in [0.15, 0.2) is 0 Å². The Balaban J connectivity index is 2.14. The highest BCUT2D eigenvalue weighted by molar-refractivity contribution is 5.41. The third-order valence-corrected chi connectivity index (χ3v) is 2.92. The lowest BCUT2D eigenvalue weighted by atomic mass is 10.1. The Labute approximate surface area is 116 Å². The number of non-ortho nitro benzene ring substituents is 1. The fourth-order valence-corrected chi connectivity index (χ4v) is 1.79. The summed E-state index contributed by atoms with van der Waals surface area (Å²) in [5, 5.41) is 20.4. The number of nitro benzene ring substituents is 1. The lowest BCUT2D eigenvalue weighted by Crippen LogP contribution is -1.94. The first-order valence-corrected chi connectivity index (χ1v) is 6.30. The van der Waals surface area contributed by atoms with Gasteiger partial charge in [0, 0.05) is 6.07 Å². The van der Waals surface area contributed by atoms with Crippen LogP contribution in [0.2, 0.25) is 0 Å². The first-order chi connectivity index (χ1) is 9.60. The Kier molecular flexibility index (Phi) is 4.32. The summed E-state index contributed by atoms with van der Waals surface area (Å²) in [4.78, 5) is 10.2. The van der Waals surface area contributed by atoms with Gasteiger partial charge in [-0.2, -0.15) is 0 Å². The first-order valence-electron chi connectivity index (χ1n) is 6.30. The molecule has 20 heavy (non-hydrogen) atoms. The van der Waals surface area contributed by atoms with Crippen molar-refractivity contribution in [3.8, 4) is 11.5 Å². The highest BCUT2D eigenvalue weighted by Crippen LogP contribution is 2.26. The molecule has 0 unspecified atom stereocenters. The van der Waals surface area contributed by atoms with Gasteiger partial charge in [-0.15, -0.1) is 0 Å². The molecule has 0 saturated carbocycles. The Morgan fingerprint density at radius 1 is 1.20 bits per heavy atom. The van der Waals surface area contributed by atoms with Gasteiger partial charge in [-0.25, -0.2) is 0 Å². The zero-order chi connectivity index (χ0) is 14.5. The Morgan fingerprint density at radius 3 is 2.50 bits per heavy atom.